The van der Waals surface area contributed by atoms with Crippen LogP contribution >= 0.6 is 28.7 Å². The first kappa shape index (κ1) is 19.1. The molecule has 3 aromatic rings. The fraction of sp³-hybridized carbons (Fsp3) is 0.118. The number of ether oxygens (including phenoxy) is 1. The number of rotatable bonds is 4. The highest BCUT2D eigenvalue weighted by Crippen LogP contribution is 2.33. The molecule has 27 heavy (non-hydrogen) atoms. The number of non-ortho nitro benzene ring substituents is 1. The van der Waals surface area contributed by atoms with Crippen LogP contribution in [0.2, 0.25) is 0 Å². The van der Waals surface area contributed by atoms with E-state index in [-0.39, 0.29) is 22.7 Å². The molecular weight excluding hydrogens is 434 g/mol. The molecule has 2 heterocycles. The Morgan fingerprint density at radius 3 is 2.78 bits per heavy atom. The highest BCUT2D eigenvalue weighted by atomic mass is 79.9. The lowest BCUT2D eigenvalue weighted by Gasteiger charge is -2.14. The van der Waals surface area contributed by atoms with E-state index in [1.54, 1.807) is 17.9 Å². The normalized spacial score (nSPS) is 12.6. The Labute approximate surface area is 169 Å². The van der Waals surface area contributed by atoms with Crippen LogP contribution in [0.5, 0.6) is 5.75 Å². The van der Waals surface area contributed by atoms with Crippen LogP contribution in [-0.4, -0.2) is 38.4 Å². The molecule has 0 amide bonds. The van der Waals surface area contributed by atoms with E-state index in [0.29, 0.717) is 28.0 Å². The first-order valence-corrected chi connectivity index (χ1v) is 8.70. The van der Waals surface area contributed by atoms with E-state index in [4.69, 9.17) is 4.74 Å². The molecule has 0 bridgehead atoms. The number of hydrogen-bond donors (Lipinski definition) is 0. The zero-order valence-corrected chi connectivity index (χ0v) is 16.6. The Morgan fingerprint density at radius 1 is 1.19 bits per heavy atom. The van der Waals surface area contributed by atoms with Crippen LogP contribution in [0, 0.1) is 10.1 Å². The summed E-state index contributed by atoms with van der Waals surface area (Å²) in [5, 5.41) is 24.8. The predicted octanol–water partition coefficient (Wildman–Crippen LogP) is 3.80. The Hall–Kier alpha value is -2.72. The summed E-state index contributed by atoms with van der Waals surface area (Å²) in [4.78, 5) is 10.6. The van der Waals surface area contributed by atoms with Crippen LogP contribution in [0.3, 0.4) is 0 Å². The molecule has 1 aliphatic heterocycles. The summed E-state index contributed by atoms with van der Waals surface area (Å²) in [5.74, 6) is 1.79. The molecule has 1 aliphatic rings. The average Bonchev–Trinajstić information content (AvgIpc) is 3.11. The predicted molar refractivity (Wildman–Crippen MR) is 108 cm³/mol. The van der Waals surface area contributed by atoms with Gasteiger partial charge in [0.1, 0.15) is 5.75 Å². The fourth-order valence-corrected chi connectivity index (χ4v) is 3.50. The molecule has 8 nitrogen and oxygen atoms in total. The number of thioether (sulfide) groups is 1. The summed E-state index contributed by atoms with van der Waals surface area (Å²) < 4.78 is 7.06. The Bertz CT molecular complexity index is 1040. The van der Waals surface area contributed by atoms with E-state index < -0.39 is 4.92 Å². The third-order valence-corrected chi connectivity index (χ3v) is 4.84. The van der Waals surface area contributed by atoms with E-state index in [1.165, 1.54) is 23.9 Å². The van der Waals surface area contributed by atoms with Gasteiger partial charge in [-0.05, 0) is 12.1 Å². The summed E-state index contributed by atoms with van der Waals surface area (Å²) in [6.45, 7) is 0. The Kier molecular flexibility index (Phi) is 5.57. The minimum atomic E-state index is -0.412. The minimum absolute atomic E-state index is 0. The lowest BCUT2D eigenvalue weighted by Crippen LogP contribution is -2.14. The van der Waals surface area contributed by atoms with Gasteiger partial charge in [0.25, 0.3) is 5.69 Å². The van der Waals surface area contributed by atoms with Crippen LogP contribution < -0.4 is 4.74 Å². The number of nitro groups is 1. The van der Waals surface area contributed by atoms with E-state index in [2.05, 4.69) is 15.3 Å². The van der Waals surface area contributed by atoms with E-state index in [9.17, 15) is 10.1 Å². The quantitative estimate of drug-likeness (QED) is 0.445. The molecule has 4 rings (SSSR count). The molecule has 0 aliphatic carbocycles. The van der Waals surface area contributed by atoms with Crippen LogP contribution in [0.4, 0.5) is 5.69 Å². The second kappa shape index (κ2) is 7.89. The summed E-state index contributed by atoms with van der Waals surface area (Å²) in [6, 6.07) is 14.0. The largest absolute Gasteiger partial charge is 0.496 e. The maximum absolute atomic E-state index is 11.0. The number of halogens is 1. The smallest absolute Gasteiger partial charge is 0.270 e. The maximum atomic E-state index is 11.0. The number of aromatic nitrogens is 3. The van der Waals surface area contributed by atoms with Crippen molar-refractivity contribution in [1.82, 2.24) is 14.9 Å². The zero-order chi connectivity index (χ0) is 18.1. The van der Waals surface area contributed by atoms with Gasteiger partial charge < -0.3 is 4.74 Å². The topological polar surface area (TPSA) is 95.4 Å². The molecular formula is C17H14BrN5O3S. The summed E-state index contributed by atoms with van der Waals surface area (Å²) in [7, 11) is 1.60. The molecule has 1 aromatic heterocycles. The van der Waals surface area contributed by atoms with Gasteiger partial charge in [-0.15, -0.1) is 27.2 Å². The van der Waals surface area contributed by atoms with Crippen molar-refractivity contribution in [2.45, 2.75) is 5.16 Å². The molecule has 0 spiro atoms. The van der Waals surface area contributed by atoms with Crippen molar-refractivity contribution in [1.29, 1.82) is 0 Å². The number of hydrogen-bond acceptors (Lipinski definition) is 7. The van der Waals surface area contributed by atoms with Crippen LogP contribution in [0.25, 0.3) is 11.4 Å². The molecule has 0 unspecified atom stereocenters. The van der Waals surface area contributed by atoms with Crippen LogP contribution in [0.1, 0.15) is 5.56 Å². The summed E-state index contributed by atoms with van der Waals surface area (Å²) >= 11 is 1.48. The second-order valence-corrected chi connectivity index (χ2v) is 6.40. The van der Waals surface area contributed by atoms with Gasteiger partial charge in [-0.1, -0.05) is 36.0 Å². The van der Waals surface area contributed by atoms with Crippen molar-refractivity contribution in [3.8, 4) is 17.1 Å². The van der Waals surface area contributed by atoms with Gasteiger partial charge in [0.05, 0.1) is 23.3 Å². The number of benzene rings is 2. The van der Waals surface area contributed by atoms with Gasteiger partial charge in [0.2, 0.25) is 5.16 Å². The van der Waals surface area contributed by atoms with Crippen molar-refractivity contribution in [3.63, 3.8) is 0 Å². The molecule has 0 radical (unpaired) electrons. The van der Waals surface area contributed by atoms with Gasteiger partial charge in [0.15, 0.2) is 5.82 Å². The van der Waals surface area contributed by atoms with Crippen LogP contribution in [0.15, 0.2) is 58.8 Å². The first-order valence-electron chi connectivity index (χ1n) is 7.71. The van der Waals surface area contributed by atoms with E-state index in [0.717, 1.165) is 11.3 Å². The molecule has 0 saturated heterocycles. The van der Waals surface area contributed by atoms with Crippen LogP contribution in [-0.2, 0) is 0 Å². The Balaban J connectivity index is 0.00000210. The molecule has 138 valence electrons. The molecule has 0 saturated carbocycles. The third kappa shape index (κ3) is 3.58. The van der Waals surface area contributed by atoms with Crippen molar-refractivity contribution >= 4 is 40.1 Å². The molecule has 2 aromatic carbocycles. The minimum Gasteiger partial charge on any atom is -0.496 e. The molecule has 0 atom stereocenters. The van der Waals surface area contributed by atoms with Crippen molar-refractivity contribution in [2.24, 2.45) is 5.10 Å². The maximum Gasteiger partial charge on any atom is 0.270 e. The first-order chi connectivity index (χ1) is 12.7. The van der Waals surface area contributed by atoms with E-state index in [1.807, 2.05) is 30.3 Å². The zero-order valence-electron chi connectivity index (χ0n) is 14.1. The van der Waals surface area contributed by atoms with E-state index >= 15 is 0 Å². The summed E-state index contributed by atoms with van der Waals surface area (Å²) in [6.07, 6.45) is 0. The number of nitro benzene ring substituents is 1. The number of methoxy groups -OCH3 is 1. The van der Waals surface area contributed by atoms with Gasteiger partial charge in [0, 0.05) is 23.4 Å². The SMILES string of the molecule is Br.COc1ccccc1-c1nnc2n1N=C(c1cccc([N+](=O)[O-])c1)CS2. The van der Waals surface area contributed by atoms with Crippen molar-refractivity contribution < 1.29 is 9.66 Å². The van der Waals surface area contributed by atoms with Gasteiger partial charge in [-0.3, -0.25) is 10.1 Å². The van der Waals surface area contributed by atoms with Crippen molar-refractivity contribution in [3.05, 3.63) is 64.2 Å². The number of para-hydroxylation sites is 1. The highest BCUT2D eigenvalue weighted by molar-refractivity contribution is 8.93. The third-order valence-electron chi connectivity index (χ3n) is 3.91. The lowest BCUT2D eigenvalue weighted by molar-refractivity contribution is -0.384. The highest BCUT2D eigenvalue weighted by Gasteiger charge is 2.23. The van der Waals surface area contributed by atoms with Gasteiger partial charge >= 0.3 is 0 Å². The van der Waals surface area contributed by atoms with Gasteiger partial charge in [-0.25, -0.2) is 0 Å². The summed E-state index contributed by atoms with van der Waals surface area (Å²) in [5.41, 5.74) is 2.24. The molecule has 0 fully saturated rings. The monoisotopic (exact) mass is 447 g/mol. The number of fused-ring (bicyclic) bond motifs is 1. The van der Waals surface area contributed by atoms with Gasteiger partial charge in [-0.2, -0.15) is 9.78 Å². The Morgan fingerprint density at radius 2 is 2.00 bits per heavy atom. The average molecular weight is 448 g/mol. The molecule has 10 heteroatoms. The molecule has 0 N–H and O–H groups in total. The second-order valence-electron chi connectivity index (χ2n) is 5.46. The standard InChI is InChI=1S/C17H13N5O3S.BrH/c1-25-15-8-3-2-7-13(15)16-18-19-17-21(16)20-14(10-26-17)11-5-4-6-12(9-11)22(23)24;/h2-9H,10H2,1H3;1H. The number of nitrogens with zero attached hydrogens (tertiary/aromatic N) is 5. The fourth-order valence-electron chi connectivity index (χ4n) is 2.67. The van der Waals surface area contributed by atoms with Crippen molar-refractivity contribution in [2.75, 3.05) is 12.9 Å². The lowest BCUT2D eigenvalue weighted by atomic mass is 10.1.